The van der Waals surface area contributed by atoms with Crippen LogP contribution in [0.1, 0.15) is 4.88 Å². The zero-order chi connectivity index (χ0) is 14.8. The average Bonchev–Trinajstić information content (AvgIpc) is 2.91. The number of hydrogen-bond donors (Lipinski definition) is 2. The van der Waals surface area contributed by atoms with Gasteiger partial charge >= 0.3 is 0 Å². The van der Waals surface area contributed by atoms with Gasteiger partial charge < -0.3 is 9.84 Å². The van der Waals surface area contributed by atoms with E-state index >= 15 is 0 Å². The van der Waals surface area contributed by atoms with E-state index in [0.29, 0.717) is 10.6 Å². The average molecular weight is 334 g/mol. The second-order valence-corrected chi connectivity index (χ2v) is 6.94. The van der Waals surface area contributed by atoms with E-state index in [9.17, 15) is 8.42 Å². The van der Waals surface area contributed by atoms with E-state index in [-0.39, 0.29) is 22.2 Å². The van der Waals surface area contributed by atoms with Crippen molar-refractivity contribution in [3.63, 3.8) is 0 Å². The number of nitrogens with one attached hydrogen (secondary N) is 1. The molecule has 5 nitrogen and oxygen atoms in total. The third kappa shape index (κ3) is 3.24. The lowest BCUT2D eigenvalue weighted by Crippen LogP contribution is -2.12. The molecule has 0 aliphatic heterocycles. The molecule has 108 valence electrons. The summed E-state index contributed by atoms with van der Waals surface area (Å²) in [6.07, 6.45) is 0. The lowest BCUT2D eigenvalue weighted by molar-refractivity contribution is 0.285. The van der Waals surface area contributed by atoms with Crippen LogP contribution in [0, 0.1) is 0 Å². The van der Waals surface area contributed by atoms with Crippen LogP contribution in [0.3, 0.4) is 0 Å². The number of rotatable bonds is 5. The highest BCUT2D eigenvalue weighted by Crippen LogP contribution is 2.29. The number of thiophene rings is 1. The van der Waals surface area contributed by atoms with Crippen LogP contribution >= 0.6 is 22.9 Å². The predicted octanol–water partition coefficient (Wildman–Crippen LogP) is 2.70. The van der Waals surface area contributed by atoms with Crippen LogP contribution in [0.25, 0.3) is 0 Å². The predicted molar refractivity (Wildman–Crippen MR) is 79.1 cm³/mol. The highest BCUT2D eigenvalue weighted by Gasteiger charge is 2.18. The molecule has 0 unspecified atom stereocenters. The molecule has 0 saturated carbocycles. The van der Waals surface area contributed by atoms with Crippen molar-refractivity contribution in [2.45, 2.75) is 11.5 Å². The topological polar surface area (TPSA) is 75.6 Å². The lowest BCUT2D eigenvalue weighted by Gasteiger charge is -2.10. The molecule has 1 aromatic carbocycles. The number of hydrogen-bond acceptors (Lipinski definition) is 5. The number of aliphatic hydroxyl groups is 1. The standard InChI is InChI=1S/C12H12ClNO4S2/c1-18-8-2-3-11(13)12(4-8)14-20(16,17)10-5-9(6-15)19-7-10/h2-5,7,14-15H,6H2,1H3. The summed E-state index contributed by atoms with van der Waals surface area (Å²) in [5, 5.41) is 10.7. The third-order valence-corrected chi connectivity index (χ3v) is 5.26. The van der Waals surface area contributed by atoms with Gasteiger partial charge in [0.05, 0.1) is 29.3 Å². The second-order valence-electron chi connectivity index (χ2n) is 3.86. The fourth-order valence-electron chi connectivity index (χ4n) is 1.50. The largest absolute Gasteiger partial charge is 0.497 e. The summed E-state index contributed by atoms with van der Waals surface area (Å²) in [6.45, 7) is -0.194. The Kier molecular flexibility index (Phi) is 4.54. The van der Waals surface area contributed by atoms with Gasteiger partial charge in [0.2, 0.25) is 0 Å². The van der Waals surface area contributed by atoms with Gasteiger partial charge in [0.25, 0.3) is 10.0 Å². The van der Waals surface area contributed by atoms with Crippen molar-refractivity contribution in [2.75, 3.05) is 11.8 Å². The minimum Gasteiger partial charge on any atom is -0.497 e. The van der Waals surface area contributed by atoms with Crippen molar-refractivity contribution in [2.24, 2.45) is 0 Å². The number of sulfonamides is 1. The molecule has 2 rings (SSSR count). The summed E-state index contributed by atoms with van der Waals surface area (Å²) in [6, 6.07) is 6.10. The Labute approximate surface area is 125 Å². The molecule has 0 atom stereocenters. The fourth-order valence-corrected chi connectivity index (χ4v) is 3.92. The van der Waals surface area contributed by atoms with E-state index in [1.807, 2.05) is 0 Å². The third-order valence-electron chi connectivity index (χ3n) is 2.51. The van der Waals surface area contributed by atoms with E-state index in [4.69, 9.17) is 21.4 Å². The molecule has 20 heavy (non-hydrogen) atoms. The molecule has 0 bridgehead atoms. The summed E-state index contributed by atoms with van der Waals surface area (Å²) in [7, 11) is -2.26. The Balaban J connectivity index is 2.32. The van der Waals surface area contributed by atoms with Gasteiger partial charge in [-0.15, -0.1) is 11.3 Å². The summed E-state index contributed by atoms with van der Waals surface area (Å²) >= 11 is 7.13. The maximum atomic E-state index is 12.2. The molecule has 0 spiro atoms. The smallest absolute Gasteiger partial charge is 0.262 e. The number of halogens is 1. The molecule has 1 aromatic heterocycles. The van der Waals surface area contributed by atoms with Crippen molar-refractivity contribution in [3.05, 3.63) is 39.5 Å². The first-order chi connectivity index (χ1) is 9.46. The van der Waals surface area contributed by atoms with E-state index in [1.54, 1.807) is 12.1 Å². The quantitative estimate of drug-likeness (QED) is 0.882. The summed E-state index contributed by atoms with van der Waals surface area (Å²) in [5.41, 5.74) is 0.239. The molecule has 8 heteroatoms. The minimum absolute atomic E-state index is 0.0884. The maximum absolute atomic E-state index is 12.2. The van der Waals surface area contributed by atoms with E-state index in [0.717, 1.165) is 0 Å². The molecule has 0 fully saturated rings. The first-order valence-electron chi connectivity index (χ1n) is 5.51. The molecular formula is C12H12ClNO4S2. The molecule has 0 saturated heterocycles. The first-order valence-corrected chi connectivity index (χ1v) is 8.25. The zero-order valence-electron chi connectivity index (χ0n) is 10.5. The van der Waals surface area contributed by atoms with Crippen molar-refractivity contribution in [1.82, 2.24) is 0 Å². The molecule has 0 aliphatic carbocycles. The number of methoxy groups -OCH3 is 1. The summed E-state index contributed by atoms with van der Waals surface area (Å²) in [4.78, 5) is 0.660. The maximum Gasteiger partial charge on any atom is 0.262 e. The lowest BCUT2D eigenvalue weighted by atomic mass is 10.3. The van der Waals surface area contributed by atoms with Crippen LogP contribution in [0.15, 0.2) is 34.5 Å². The molecule has 1 heterocycles. The minimum atomic E-state index is -3.74. The number of aliphatic hydroxyl groups excluding tert-OH is 1. The Morgan fingerprint density at radius 1 is 1.40 bits per heavy atom. The van der Waals surface area contributed by atoms with Crippen LogP contribution in [-0.4, -0.2) is 20.6 Å². The van der Waals surface area contributed by atoms with Gasteiger partial charge in [-0.2, -0.15) is 0 Å². The van der Waals surface area contributed by atoms with Crippen molar-refractivity contribution in [1.29, 1.82) is 0 Å². The second kappa shape index (κ2) is 6.01. The van der Waals surface area contributed by atoms with Crippen LogP contribution < -0.4 is 9.46 Å². The van der Waals surface area contributed by atoms with Gasteiger partial charge in [0.1, 0.15) is 5.75 Å². The number of ether oxygens (including phenoxy) is 1. The first kappa shape index (κ1) is 15.1. The van der Waals surface area contributed by atoms with Crippen LogP contribution in [-0.2, 0) is 16.6 Å². The zero-order valence-corrected chi connectivity index (χ0v) is 12.8. The van der Waals surface area contributed by atoms with Gasteiger partial charge in [0, 0.05) is 16.3 Å². The normalized spacial score (nSPS) is 11.3. The van der Waals surface area contributed by atoms with Gasteiger partial charge in [-0.3, -0.25) is 4.72 Å². The number of anilines is 1. The Morgan fingerprint density at radius 2 is 2.15 bits per heavy atom. The summed E-state index contributed by atoms with van der Waals surface area (Å²) in [5.74, 6) is 0.494. The van der Waals surface area contributed by atoms with Crippen LogP contribution in [0.5, 0.6) is 5.75 Å². The van der Waals surface area contributed by atoms with E-state index < -0.39 is 10.0 Å². The Morgan fingerprint density at radius 3 is 2.75 bits per heavy atom. The monoisotopic (exact) mass is 333 g/mol. The Bertz CT molecular complexity index is 712. The van der Waals surface area contributed by atoms with Crippen LogP contribution in [0.2, 0.25) is 5.02 Å². The summed E-state index contributed by atoms with van der Waals surface area (Å²) < 4.78 is 31.8. The molecule has 2 N–H and O–H groups in total. The van der Waals surface area contributed by atoms with Crippen molar-refractivity contribution >= 4 is 38.6 Å². The van der Waals surface area contributed by atoms with E-state index in [2.05, 4.69) is 4.72 Å². The SMILES string of the molecule is COc1ccc(Cl)c(NS(=O)(=O)c2csc(CO)c2)c1. The number of benzene rings is 1. The molecule has 0 amide bonds. The van der Waals surface area contributed by atoms with E-state index in [1.165, 1.54) is 36.0 Å². The Hall–Kier alpha value is -1.28. The molecule has 2 aromatic rings. The van der Waals surface area contributed by atoms with Gasteiger partial charge in [-0.25, -0.2) is 8.42 Å². The highest BCUT2D eigenvalue weighted by atomic mass is 35.5. The highest BCUT2D eigenvalue weighted by molar-refractivity contribution is 7.92. The molecule has 0 radical (unpaired) electrons. The van der Waals surface area contributed by atoms with Gasteiger partial charge in [-0.1, -0.05) is 11.6 Å². The molecule has 0 aliphatic rings. The molecular weight excluding hydrogens is 322 g/mol. The van der Waals surface area contributed by atoms with Crippen molar-refractivity contribution < 1.29 is 18.3 Å². The van der Waals surface area contributed by atoms with Crippen molar-refractivity contribution in [3.8, 4) is 5.75 Å². The van der Waals surface area contributed by atoms with Gasteiger partial charge in [0.15, 0.2) is 0 Å². The van der Waals surface area contributed by atoms with Gasteiger partial charge in [-0.05, 0) is 18.2 Å². The van der Waals surface area contributed by atoms with Crippen LogP contribution in [0.4, 0.5) is 5.69 Å². The fraction of sp³-hybridized carbons (Fsp3) is 0.167.